The van der Waals surface area contributed by atoms with E-state index in [0.717, 1.165) is 0 Å². The molecule has 0 amide bonds. The van der Waals surface area contributed by atoms with Crippen LogP contribution in [-0.2, 0) is 10.2 Å². The van der Waals surface area contributed by atoms with Crippen molar-refractivity contribution >= 4 is 29.7 Å². The Morgan fingerprint density at radius 1 is 1.45 bits per heavy atom. The third-order valence-electron chi connectivity index (χ3n) is 2.78. The molecule has 0 aliphatic rings. The third-order valence-corrected chi connectivity index (χ3v) is 3.15. The van der Waals surface area contributed by atoms with E-state index in [1.807, 2.05) is 20.8 Å². The van der Waals surface area contributed by atoms with Gasteiger partial charge in [0, 0.05) is 5.41 Å². The van der Waals surface area contributed by atoms with Gasteiger partial charge in [-0.3, -0.25) is 5.10 Å². The second-order valence-corrected chi connectivity index (χ2v) is 5.77. The van der Waals surface area contributed by atoms with E-state index < -0.39 is 5.97 Å². The van der Waals surface area contributed by atoms with Crippen LogP contribution in [0.15, 0.2) is 0 Å². The van der Waals surface area contributed by atoms with Crippen LogP contribution in [0.3, 0.4) is 0 Å². The summed E-state index contributed by atoms with van der Waals surface area (Å²) in [4.78, 5) is 11.9. The minimum Gasteiger partial charge on any atom is -0.462 e. The van der Waals surface area contributed by atoms with Gasteiger partial charge in [-0.25, -0.2) is 9.31 Å². The summed E-state index contributed by atoms with van der Waals surface area (Å²) < 4.78 is 6.90. The number of aromatic amines is 1. The highest BCUT2D eigenvalue weighted by atomic mass is 32.1. The van der Waals surface area contributed by atoms with Crippen molar-refractivity contribution in [1.82, 2.24) is 19.8 Å². The molecule has 7 nitrogen and oxygen atoms in total. The molecule has 0 radical (unpaired) electrons. The van der Waals surface area contributed by atoms with Crippen LogP contribution in [0.2, 0.25) is 0 Å². The number of carbonyl (C=O) groups excluding carboxylic acids is 1. The number of nitrogen functional groups attached to an aromatic ring is 1. The summed E-state index contributed by atoms with van der Waals surface area (Å²) in [5, 5.41) is 11.0. The van der Waals surface area contributed by atoms with Crippen molar-refractivity contribution in [3.8, 4) is 0 Å². The van der Waals surface area contributed by atoms with Crippen LogP contribution in [0, 0.1) is 4.64 Å². The first-order chi connectivity index (χ1) is 9.27. The Morgan fingerprint density at radius 3 is 2.65 bits per heavy atom. The smallest absolute Gasteiger partial charge is 0.345 e. The number of nitrogens with zero attached hydrogens (tertiary/aromatic N) is 3. The van der Waals surface area contributed by atoms with Crippen LogP contribution in [0.5, 0.6) is 0 Å². The van der Waals surface area contributed by atoms with Crippen LogP contribution in [0.25, 0.3) is 5.65 Å². The fraction of sp³-hybridized carbons (Fsp3) is 0.500. The normalized spacial score (nSPS) is 11.8. The molecule has 0 saturated heterocycles. The van der Waals surface area contributed by atoms with E-state index in [-0.39, 0.29) is 29.1 Å². The molecule has 0 aliphatic heterocycles. The summed E-state index contributed by atoms with van der Waals surface area (Å²) in [5.74, 6) is -0.383. The number of ether oxygens (including phenoxy) is 1. The minimum absolute atomic E-state index is 0.158. The average molecular weight is 295 g/mol. The lowest BCUT2D eigenvalue weighted by molar-refractivity contribution is 0.0529. The molecular formula is C12H17N5O2S. The molecule has 2 heterocycles. The number of anilines is 1. The maximum atomic E-state index is 11.9. The van der Waals surface area contributed by atoms with Crippen molar-refractivity contribution in [3.63, 3.8) is 0 Å². The van der Waals surface area contributed by atoms with Gasteiger partial charge in [0.05, 0.1) is 6.61 Å². The molecule has 2 aromatic rings. The lowest BCUT2D eigenvalue weighted by atomic mass is 9.93. The number of H-pyrrole nitrogens is 1. The molecule has 108 valence electrons. The Balaban J connectivity index is 2.72. The van der Waals surface area contributed by atoms with Gasteiger partial charge in [-0.2, -0.15) is 0 Å². The first kappa shape index (κ1) is 14.4. The molecule has 0 aliphatic carbocycles. The number of fused-ring (bicyclic) bond motifs is 1. The van der Waals surface area contributed by atoms with E-state index >= 15 is 0 Å². The van der Waals surface area contributed by atoms with Crippen LogP contribution in [0.4, 0.5) is 5.82 Å². The van der Waals surface area contributed by atoms with Gasteiger partial charge in [0.1, 0.15) is 17.1 Å². The first-order valence-corrected chi connectivity index (χ1v) is 6.62. The fourth-order valence-electron chi connectivity index (χ4n) is 1.82. The molecule has 20 heavy (non-hydrogen) atoms. The highest BCUT2D eigenvalue weighted by Crippen LogP contribution is 2.23. The third kappa shape index (κ3) is 2.26. The van der Waals surface area contributed by atoms with Crippen molar-refractivity contribution in [2.24, 2.45) is 0 Å². The van der Waals surface area contributed by atoms with Gasteiger partial charge in [0.2, 0.25) is 0 Å². The van der Waals surface area contributed by atoms with E-state index in [4.69, 9.17) is 22.7 Å². The molecule has 0 saturated carbocycles. The van der Waals surface area contributed by atoms with Gasteiger partial charge in [-0.15, -0.1) is 10.2 Å². The van der Waals surface area contributed by atoms with E-state index in [9.17, 15) is 4.79 Å². The number of hydrogen-bond acceptors (Lipinski definition) is 6. The number of aromatic nitrogens is 4. The molecule has 0 atom stereocenters. The van der Waals surface area contributed by atoms with Gasteiger partial charge < -0.3 is 10.5 Å². The number of rotatable bonds is 2. The van der Waals surface area contributed by atoms with E-state index in [2.05, 4.69) is 15.3 Å². The molecule has 0 bridgehead atoms. The van der Waals surface area contributed by atoms with E-state index in [1.165, 1.54) is 4.52 Å². The number of nitrogens with two attached hydrogens (primary N) is 1. The fourth-order valence-corrected chi connectivity index (χ4v) is 2.30. The highest BCUT2D eigenvalue weighted by Gasteiger charge is 2.24. The largest absolute Gasteiger partial charge is 0.462 e. The molecule has 0 fully saturated rings. The second kappa shape index (κ2) is 4.86. The molecular weight excluding hydrogens is 278 g/mol. The molecule has 0 unspecified atom stereocenters. The Labute approximate surface area is 121 Å². The first-order valence-electron chi connectivity index (χ1n) is 6.21. The lowest BCUT2D eigenvalue weighted by Gasteiger charge is -2.16. The lowest BCUT2D eigenvalue weighted by Crippen LogP contribution is -2.17. The van der Waals surface area contributed by atoms with Crippen molar-refractivity contribution in [2.45, 2.75) is 33.1 Å². The van der Waals surface area contributed by atoms with Gasteiger partial charge in [-0.05, 0) is 6.92 Å². The van der Waals surface area contributed by atoms with E-state index in [0.29, 0.717) is 10.3 Å². The zero-order chi connectivity index (χ0) is 15.1. The maximum Gasteiger partial charge on any atom is 0.345 e. The van der Waals surface area contributed by atoms with Gasteiger partial charge >= 0.3 is 5.97 Å². The summed E-state index contributed by atoms with van der Waals surface area (Å²) in [5.41, 5.74) is 6.66. The summed E-state index contributed by atoms with van der Waals surface area (Å²) in [6, 6.07) is 0. The predicted molar refractivity (Wildman–Crippen MR) is 77.2 cm³/mol. The molecule has 0 spiro atoms. The van der Waals surface area contributed by atoms with Crippen LogP contribution < -0.4 is 5.73 Å². The number of esters is 1. The summed E-state index contributed by atoms with van der Waals surface area (Å²) in [6.07, 6.45) is 0. The van der Waals surface area contributed by atoms with Gasteiger partial charge in [0.25, 0.3) is 0 Å². The molecule has 2 rings (SSSR count). The second-order valence-electron chi connectivity index (χ2n) is 5.38. The standard InChI is InChI=1S/C12H17N5O2S/c1-5-19-11(18)6-8(13)16-17-9(6)15-14-7(10(17)20)12(2,3)4/h16H,5,13H2,1-4H3. The molecule has 0 aromatic carbocycles. The number of hydrogen-bond donors (Lipinski definition) is 2. The monoisotopic (exact) mass is 295 g/mol. The number of nitrogens with one attached hydrogen (secondary N) is 1. The maximum absolute atomic E-state index is 11.9. The SMILES string of the molecule is CCOC(=O)c1c(N)[nH]n2c(=S)c(C(C)(C)C)nnc12. The van der Waals surface area contributed by atoms with Crippen LogP contribution in [0.1, 0.15) is 43.7 Å². The summed E-state index contributed by atoms with van der Waals surface area (Å²) in [6.45, 7) is 7.93. The Kier molecular flexibility index (Phi) is 3.51. The molecule has 2 aromatic heterocycles. The predicted octanol–water partition coefficient (Wildman–Crippen LogP) is 1.84. The van der Waals surface area contributed by atoms with Crippen LogP contribution >= 0.6 is 12.2 Å². The topological polar surface area (TPSA) is 98.3 Å². The Morgan fingerprint density at radius 2 is 2.10 bits per heavy atom. The van der Waals surface area contributed by atoms with E-state index in [1.54, 1.807) is 6.92 Å². The van der Waals surface area contributed by atoms with Gasteiger partial charge in [-0.1, -0.05) is 33.0 Å². The number of carbonyl (C=O) groups is 1. The Bertz CT molecular complexity index is 726. The average Bonchev–Trinajstić information content (AvgIpc) is 2.65. The minimum atomic E-state index is -0.545. The zero-order valence-corrected chi connectivity index (χ0v) is 12.7. The summed E-state index contributed by atoms with van der Waals surface area (Å²) in [7, 11) is 0. The molecule has 3 N–H and O–H groups in total. The van der Waals surface area contributed by atoms with Gasteiger partial charge in [0.15, 0.2) is 10.3 Å². The summed E-state index contributed by atoms with van der Waals surface area (Å²) >= 11 is 5.39. The van der Waals surface area contributed by atoms with Crippen molar-refractivity contribution in [2.75, 3.05) is 12.3 Å². The molecule has 8 heteroatoms. The van der Waals surface area contributed by atoms with Crippen LogP contribution in [-0.4, -0.2) is 32.4 Å². The van der Waals surface area contributed by atoms with Crippen molar-refractivity contribution in [1.29, 1.82) is 0 Å². The Hall–Kier alpha value is -1.96. The van der Waals surface area contributed by atoms with Crippen molar-refractivity contribution < 1.29 is 9.53 Å². The quantitative estimate of drug-likeness (QED) is 0.648. The highest BCUT2D eigenvalue weighted by molar-refractivity contribution is 7.71. The van der Waals surface area contributed by atoms with Crippen molar-refractivity contribution in [3.05, 3.63) is 15.9 Å². The zero-order valence-electron chi connectivity index (χ0n) is 11.9.